The molecule has 1 amide bonds. The Labute approximate surface area is 195 Å². The number of likely N-dealkylation sites (tertiary alicyclic amines) is 1. The van der Waals surface area contributed by atoms with Crippen LogP contribution in [0.15, 0.2) is 53.2 Å². The van der Waals surface area contributed by atoms with E-state index in [1.54, 1.807) is 31.4 Å². The number of likely N-dealkylation sites (N-methyl/N-ethyl adjacent to an activating group) is 1. The number of aliphatic hydroxyl groups is 1. The number of carbonyl (C=O) groups excluding carboxylic acids is 1. The number of nitrogens with zero attached hydrogens (tertiary/aromatic N) is 6. The SMILES string of the molecule is Cc1cc(Nc2nccc(-c3cccc(-c4cc(C5(O)CCN(C)C5=O)on4)n3)n2)cc(C)n1. The van der Waals surface area contributed by atoms with Crippen molar-refractivity contribution < 1.29 is 14.4 Å². The van der Waals surface area contributed by atoms with E-state index in [-0.39, 0.29) is 12.2 Å². The molecule has 1 aliphatic rings. The monoisotopic (exact) mass is 457 g/mol. The van der Waals surface area contributed by atoms with Crippen LogP contribution in [0.25, 0.3) is 22.8 Å². The fourth-order valence-electron chi connectivity index (χ4n) is 3.99. The van der Waals surface area contributed by atoms with Crippen molar-refractivity contribution in [2.24, 2.45) is 0 Å². The van der Waals surface area contributed by atoms with Gasteiger partial charge in [0.05, 0.1) is 17.1 Å². The molecule has 4 aromatic rings. The molecule has 0 saturated carbocycles. The molecule has 1 fully saturated rings. The van der Waals surface area contributed by atoms with E-state index in [4.69, 9.17) is 4.52 Å². The summed E-state index contributed by atoms with van der Waals surface area (Å²) in [6, 6.07) is 12.6. The molecule has 5 rings (SSSR count). The normalized spacial score (nSPS) is 17.9. The number of nitrogens with one attached hydrogen (secondary N) is 1. The summed E-state index contributed by atoms with van der Waals surface area (Å²) in [6.45, 7) is 4.31. The second kappa shape index (κ2) is 8.31. The first kappa shape index (κ1) is 21.7. The highest BCUT2D eigenvalue weighted by Gasteiger charge is 2.48. The average Bonchev–Trinajstić information content (AvgIpc) is 3.41. The summed E-state index contributed by atoms with van der Waals surface area (Å²) in [5.74, 6) is 0.141. The van der Waals surface area contributed by atoms with E-state index >= 15 is 0 Å². The Morgan fingerprint density at radius 3 is 2.41 bits per heavy atom. The number of rotatable bonds is 5. The van der Waals surface area contributed by atoms with Crippen molar-refractivity contribution in [2.75, 3.05) is 18.9 Å². The lowest BCUT2D eigenvalue weighted by atomic mass is 9.98. The van der Waals surface area contributed by atoms with Gasteiger partial charge in [-0.2, -0.15) is 0 Å². The first-order chi connectivity index (χ1) is 16.3. The van der Waals surface area contributed by atoms with E-state index in [2.05, 4.69) is 30.4 Å². The van der Waals surface area contributed by atoms with Gasteiger partial charge in [0.2, 0.25) is 11.5 Å². The molecule has 4 aromatic heterocycles. The largest absolute Gasteiger partial charge is 0.373 e. The van der Waals surface area contributed by atoms with Crippen LogP contribution in [0.3, 0.4) is 0 Å². The number of amides is 1. The van der Waals surface area contributed by atoms with Crippen LogP contribution in [0.4, 0.5) is 11.6 Å². The summed E-state index contributed by atoms with van der Waals surface area (Å²) >= 11 is 0. The topological polar surface area (TPSA) is 130 Å². The predicted octanol–water partition coefficient (Wildman–Crippen LogP) is 3.00. The molecular weight excluding hydrogens is 434 g/mol. The number of aryl methyl sites for hydroxylation is 2. The summed E-state index contributed by atoms with van der Waals surface area (Å²) in [6.07, 6.45) is 1.91. The quantitative estimate of drug-likeness (QED) is 0.464. The van der Waals surface area contributed by atoms with Crippen LogP contribution in [0, 0.1) is 13.8 Å². The minimum Gasteiger partial charge on any atom is -0.373 e. The molecular formula is C24H23N7O3. The van der Waals surface area contributed by atoms with Crippen LogP contribution in [-0.2, 0) is 10.4 Å². The van der Waals surface area contributed by atoms with Crippen molar-refractivity contribution in [1.29, 1.82) is 0 Å². The maximum atomic E-state index is 12.4. The summed E-state index contributed by atoms with van der Waals surface area (Å²) in [4.78, 5) is 31.8. The van der Waals surface area contributed by atoms with E-state index in [0.29, 0.717) is 35.3 Å². The van der Waals surface area contributed by atoms with E-state index in [1.165, 1.54) is 4.90 Å². The smallest absolute Gasteiger partial charge is 0.262 e. The lowest BCUT2D eigenvalue weighted by molar-refractivity contribution is -0.144. The standard InChI is InChI=1S/C24H23N7O3/c1-14-11-16(12-15(2)26-14)27-23-25-9-7-19(29-23)17-5-4-6-18(28-17)20-13-21(34-30-20)24(33)8-10-31(3)22(24)32/h4-7,9,11-13,33H,8,10H2,1-3H3,(H,25,26,27,29). The Kier molecular flexibility index (Phi) is 5.29. The third-order valence-electron chi connectivity index (χ3n) is 5.69. The molecule has 0 radical (unpaired) electrons. The van der Waals surface area contributed by atoms with Gasteiger partial charge in [-0.05, 0) is 44.2 Å². The Hall–Kier alpha value is -4.18. The molecule has 0 spiro atoms. The summed E-state index contributed by atoms with van der Waals surface area (Å²) in [5, 5.41) is 18.1. The molecule has 0 aromatic carbocycles. The van der Waals surface area contributed by atoms with Crippen LogP contribution in [0.1, 0.15) is 23.6 Å². The van der Waals surface area contributed by atoms with Gasteiger partial charge in [0.15, 0.2) is 5.76 Å². The Bertz CT molecular complexity index is 1370. The van der Waals surface area contributed by atoms with Crippen LogP contribution in [-0.4, -0.2) is 54.6 Å². The lowest BCUT2D eigenvalue weighted by Gasteiger charge is -2.16. The fraction of sp³-hybridized carbons (Fsp3) is 0.250. The van der Waals surface area contributed by atoms with Crippen LogP contribution >= 0.6 is 0 Å². The minimum atomic E-state index is -1.70. The van der Waals surface area contributed by atoms with Gasteiger partial charge >= 0.3 is 0 Å². The van der Waals surface area contributed by atoms with Crippen molar-refractivity contribution >= 4 is 17.5 Å². The van der Waals surface area contributed by atoms with Gasteiger partial charge in [-0.15, -0.1) is 0 Å². The van der Waals surface area contributed by atoms with Gasteiger partial charge in [-0.25, -0.2) is 15.0 Å². The Morgan fingerprint density at radius 2 is 1.71 bits per heavy atom. The zero-order valence-electron chi connectivity index (χ0n) is 19.0. The molecule has 1 atom stereocenters. The van der Waals surface area contributed by atoms with E-state index < -0.39 is 11.5 Å². The van der Waals surface area contributed by atoms with E-state index in [9.17, 15) is 9.90 Å². The van der Waals surface area contributed by atoms with Crippen LogP contribution in [0.5, 0.6) is 0 Å². The Balaban J connectivity index is 1.42. The highest BCUT2D eigenvalue weighted by atomic mass is 16.5. The van der Waals surface area contributed by atoms with Gasteiger partial charge in [0.25, 0.3) is 5.91 Å². The molecule has 1 aliphatic heterocycles. The zero-order chi connectivity index (χ0) is 23.9. The van der Waals surface area contributed by atoms with Gasteiger partial charge < -0.3 is 19.8 Å². The first-order valence-corrected chi connectivity index (χ1v) is 10.8. The van der Waals surface area contributed by atoms with Crippen LogP contribution < -0.4 is 5.32 Å². The minimum absolute atomic E-state index is 0.112. The summed E-state index contributed by atoms with van der Waals surface area (Å²) in [7, 11) is 1.64. The molecule has 172 valence electrons. The van der Waals surface area contributed by atoms with Gasteiger partial charge in [0, 0.05) is 49.4 Å². The van der Waals surface area contributed by atoms with Gasteiger partial charge in [-0.1, -0.05) is 11.2 Å². The van der Waals surface area contributed by atoms with Crippen LogP contribution in [0.2, 0.25) is 0 Å². The fourth-order valence-corrected chi connectivity index (χ4v) is 3.99. The molecule has 10 heteroatoms. The molecule has 10 nitrogen and oxygen atoms in total. The molecule has 1 saturated heterocycles. The number of pyridine rings is 2. The first-order valence-electron chi connectivity index (χ1n) is 10.8. The maximum absolute atomic E-state index is 12.4. The third-order valence-corrected chi connectivity index (χ3v) is 5.69. The summed E-state index contributed by atoms with van der Waals surface area (Å²) < 4.78 is 5.35. The van der Waals surface area contributed by atoms with Crippen molar-refractivity contribution in [1.82, 2.24) is 30.0 Å². The number of hydrogen-bond acceptors (Lipinski definition) is 9. The maximum Gasteiger partial charge on any atom is 0.262 e. The average molecular weight is 457 g/mol. The highest BCUT2D eigenvalue weighted by Crippen LogP contribution is 2.34. The molecule has 0 bridgehead atoms. The molecule has 2 N–H and O–H groups in total. The number of hydrogen-bond donors (Lipinski definition) is 2. The number of carbonyl (C=O) groups is 1. The molecule has 0 aliphatic carbocycles. The van der Waals surface area contributed by atoms with Crippen molar-refractivity contribution in [3.8, 4) is 22.8 Å². The third kappa shape index (κ3) is 3.99. The van der Waals surface area contributed by atoms with Crippen molar-refractivity contribution in [3.05, 3.63) is 65.8 Å². The molecule has 34 heavy (non-hydrogen) atoms. The molecule has 5 heterocycles. The molecule has 1 unspecified atom stereocenters. The van der Waals surface area contributed by atoms with Crippen molar-refractivity contribution in [3.63, 3.8) is 0 Å². The predicted molar refractivity (Wildman–Crippen MR) is 124 cm³/mol. The van der Waals surface area contributed by atoms with Gasteiger partial charge in [0.1, 0.15) is 5.69 Å². The lowest BCUT2D eigenvalue weighted by Crippen LogP contribution is -2.35. The Morgan fingerprint density at radius 1 is 1.00 bits per heavy atom. The number of aromatic nitrogens is 5. The van der Waals surface area contributed by atoms with E-state index in [0.717, 1.165) is 17.1 Å². The number of anilines is 2. The highest BCUT2D eigenvalue weighted by molar-refractivity contribution is 5.87. The van der Waals surface area contributed by atoms with E-state index in [1.807, 2.05) is 38.1 Å². The zero-order valence-corrected chi connectivity index (χ0v) is 19.0. The second-order valence-corrected chi connectivity index (χ2v) is 8.35. The van der Waals surface area contributed by atoms with Gasteiger partial charge in [-0.3, -0.25) is 9.78 Å². The summed E-state index contributed by atoms with van der Waals surface area (Å²) in [5.41, 5.74) is 3.14. The second-order valence-electron chi connectivity index (χ2n) is 8.35. The van der Waals surface area contributed by atoms with Crippen molar-refractivity contribution in [2.45, 2.75) is 25.9 Å².